The largest absolute Gasteiger partial charge is 0.310 e. The van der Waals surface area contributed by atoms with Gasteiger partial charge in [-0.25, -0.2) is 0 Å². The fraction of sp³-hybridized carbons (Fsp3) is 0.0323. The van der Waals surface area contributed by atoms with E-state index in [2.05, 4.69) is 254 Å². The van der Waals surface area contributed by atoms with Gasteiger partial charge in [-0.15, -0.1) is 11.3 Å². The van der Waals surface area contributed by atoms with Crippen molar-refractivity contribution < 1.29 is 0 Å². The second-order valence-electron chi connectivity index (χ2n) is 17.0. The van der Waals surface area contributed by atoms with Crippen molar-refractivity contribution in [3.05, 3.63) is 242 Å². The SMILES string of the molecule is Cc1cc(N(c2cc(C)c(-c3ccccc3)c(-c3ccccc3)c2)c2cc(-c3ccccc3-n3c4ccccc4c4ccccc43)c3sc4ccccc4c3c2)ccc1-c1ccccc1. The standard InChI is InChI=1S/C62H44N2S/c1-41-36-46(34-35-49(41)43-20-6-3-7-21-43)63(47-37-42(2)61(45-24-10-5-11-25-45)54(38-47)44-22-8-4-9-23-44)48-39-55(62-56(40-48)53-29-15-19-33-60(53)65-62)52-28-14-18-32-59(52)64-57-30-16-12-26-50(57)51-27-13-17-31-58(51)64/h3-40H,1-2H3. The molecule has 0 aliphatic rings. The molecule has 0 radical (unpaired) electrons. The van der Waals surface area contributed by atoms with Crippen LogP contribution in [0.25, 0.3) is 92.2 Å². The average Bonchev–Trinajstić information content (AvgIpc) is 3.90. The Morgan fingerprint density at radius 2 is 0.877 bits per heavy atom. The summed E-state index contributed by atoms with van der Waals surface area (Å²) >= 11 is 1.88. The second kappa shape index (κ2) is 16.0. The van der Waals surface area contributed by atoms with Crippen LogP contribution in [-0.4, -0.2) is 4.57 Å². The Bertz CT molecular complexity index is 3680. The van der Waals surface area contributed by atoms with E-state index in [9.17, 15) is 0 Å². The maximum Gasteiger partial charge on any atom is 0.0541 e. The van der Waals surface area contributed by atoms with Gasteiger partial charge in [-0.05, 0) is 119 Å². The van der Waals surface area contributed by atoms with Crippen LogP contribution >= 0.6 is 11.3 Å². The van der Waals surface area contributed by atoms with E-state index in [1.165, 1.54) is 97.6 Å². The van der Waals surface area contributed by atoms with Crippen LogP contribution in [0.2, 0.25) is 0 Å². The maximum absolute atomic E-state index is 2.49. The lowest BCUT2D eigenvalue weighted by Crippen LogP contribution is -2.11. The molecule has 0 saturated heterocycles. The number of rotatable bonds is 8. The van der Waals surface area contributed by atoms with Crippen LogP contribution in [0.1, 0.15) is 11.1 Å². The fourth-order valence-corrected chi connectivity index (χ4v) is 11.3. The molecule has 65 heavy (non-hydrogen) atoms. The minimum Gasteiger partial charge on any atom is -0.310 e. The molecule has 308 valence electrons. The first-order valence-corrected chi connectivity index (χ1v) is 23.2. The van der Waals surface area contributed by atoms with E-state index in [4.69, 9.17) is 0 Å². The minimum absolute atomic E-state index is 1.10. The molecule has 0 aliphatic carbocycles. The van der Waals surface area contributed by atoms with Crippen LogP contribution in [-0.2, 0) is 0 Å². The molecule has 0 spiro atoms. The highest BCUT2D eigenvalue weighted by Crippen LogP contribution is 2.49. The van der Waals surface area contributed by atoms with Crippen molar-refractivity contribution in [3.8, 4) is 50.2 Å². The van der Waals surface area contributed by atoms with E-state index in [1.807, 2.05) is 11.3 Å². The number of fused-ring (bicyclic) bond motifs is 6. The quantitative estimate of drug-likeness (QED) is 0.148. The van der Waals surface area contributed by atoms with E-state index in [0.717, 1.165) is 22.7 Å². The third kappa shape index (κ3) is 6.63. The summed E-state index contributed by atoms with van der Waals surface area (Å²) in [6.07, 6.45) is 0. The first-order valence-electron chi connectivity index (χ1n) is 22.3. The van der Waals surface area contributed by atoms with Gasteiger partial charge in [-0.1, -0.05) is 170 Å². The molecule has 0 amide bonds. The second-order valence-corrected chi connectivity index (χ2v) is 18.0. The topological polar surface area (TPSA) is 8.17 Å². The number of thiophene rings is 1. The number of anilines is 3. The van der Waals surface area contributed by atoms with Crippen molar-refractivity contribution >= 4 is 70.4 Å². The van der Waals surface area contributed by atoms with Gasteiger partial charge in [0.1, 0.15) is 0 Å². The molecule has 0 atom stereocenters. The van der Waals surface area contributed by atoms with Crippen molar-refractivity contribution in [2.45, 2.75) is 13.8 Å². The van der Waals surface area contributed by atoms with Crippen molar-refractivity contribution in [1.29, 1.82) is 0 Å². The van der Waals surface area contributed by atoms with Crippen LogP contribution in [0, 0.1) is 13.8 Å². The minimum atomic E-state index is 1.10. The normalized spacial score (nSPS) is 11.5. The molecule has 3 heteroatoms. The number of hydrogen-bond donors (Lipinski definition) is 0. The summed E-state index contributed by atoms with van der Waals surface area (Å²) in [7, 11) is 0. The number of nitrogens with zero attached hydrogens (tertiary/aromatic N) is 2. The number of hydrogen-bond acceptors (Lipinski definition) is 2. The molecule has 0 saturated carbocycles. The van der Waals surface area contributed by atoms with Crippen LogP contribution < -0.4 is 4.90 Å². The zero-order chi connectivity index (χ0) is 43.4. The van der Waals surface area contributed by atoms with Gasteiger partial charge in [0.2, 0.25) is 0 Å². The highest BCUT2D eigenvalue weighted by atomic mass is 32.1. The third-order valence-electron chi connectivity index (χ3n) is 13.0. The third-order valence-corrected chi connectivity index (χ3v) is 14.2. The van der Waals surface area contributed by atoms with Crippen LogP contribution in [0.3, 0.4) is 0 Å². The van der Waals surface area contributed by atoms with Crippen molar-refractivity contribution in [1.82, 2.24) is 4.57 Å². The number of aromatic nitrogens is 1. The molecular weight excluding hydrogens is 805 g/mol. The Balaban J connectivity index is 1.16. The monoisotopic (exact) mass is 848 g/mol. The lowest BCUT2D eigenvalue weighted by atomic mass is 9.90. The van der Waals surface area contributed by atoms with E-state index in [-0.39, 0.29) is 0 Å². The Labute approximate surface area is 383 Å². The van der Waals surface area contributed by atoms with E-state index in [0.29, 0.717) is 0 Å². The maximum atomic E-state index is 2.49. The molecule has 0 unspecified atom stereocenters. The van der Waals surface area contributed by atoms with Crippen LogP contribution in [0.4, 0.5) is 17.1 Å². The van der Waals surface area contributed by atoms with Crippen LogP contribution in [0.5, 0.6) is 0 Å². The van der Waals surface area contributed by atoms with Gasteiger partial charge < -0.3 is 9.47 Å². The lowest BCUT2D eigenvalue weighted by Gasteiger charge is -2.29. The van der Waals surface area contributed by atoms with Gasteiger partial charge in [0, 0.05) is 59.1 Å². The van der Waals surface area contributed by atoms with Gasteiger partial charge >= 0.3 is 0 Å². The highest BCUT2D eigenvalue weighted by Gasteiger charge is 2.24. The Morgan fingerprint density at radius 3 is 1.55 bits per heavy atom. The van der Waals surface area contributed by atoms with E-state index < -0.39 is 0 Å². The van der Waals surface area contributed by atoms with Gasteiger partial charge in [0.05, 0.1) is 16.7 Å². The summed E-state index contributed by atoms with van der Waals surface area (Å²) < 4.78 is 5.02. The molecule has 2 nitrogen and oxygen atoms in total. The molecule has 0 bridgehead atoms. The zero-order valence-electron chi connectivity index (χ0n) is 36.2. The van der Waals surface area contributed by atoms with E-state index >= 15 is 0 Å². The molecule has 2 aromatic heterocycles. The molecule has 0 aliphatic heterocycles. The summed E-state index contributed by atoms with van der Waals surface area (Å²) in [4.78, 5) is 2.49. The predicted molar refractivity (Wildman–Crippen MR) is 280 cm³/mol. The van der Waals surface area contributed by atoms with Crippen molar-refractivity contribution in [2.75, 3.05) is 4.90 Å². The van der Waals surface area contributed by atoms with Gasteiger partial charge in [0.15, 0.2) is 0 Å². The molecule has 12 rings (SSSR count). The van der Waals surface area contributed by atoms with Gasteiger partial charge in [-0.2, -0.15) is 0 Å². The number of aryl methyl sites for hydroxylation is 2. The molecule has 2 heterocycles. The molecule has 0 N–H and O–H groups in total. The Morgan fingerprint density at radius 1 is 0.354 bits per heavy atom. The van der Waals surface area contributed by atoms with E-state index in [1.54, 1.807) is 0 Å². The van der Waals surface area contributed by atoms with Gasteiger partial charge in [0.25, 0.3) is 0 Å². The predicted octanol–water partition coefficient (Wildman–Crippen LogP) is 17.9. The molecular formula is C62H44N2S. The molecule has 12 aromatic rings. The smallest absolute Gasteiger partial charge is 0.0541 e. The Hall–Kier alpha value is -7.98. The summed E-state index contributed by atoms with van der Waals surface area (Å²) in [6, 6.07) is 84.6. The zero-order valence-corrected chi connectivity index (χ0v) is 37.1. The number of benzene rings is 10. The number of para-hydroxylation sites is 3. The summed E-state index contributed by atoms with van der Waals surface area (Å²) in [5.74, 6) is 0. The lowest BCUT2D eigenvalue weighted by molar-refractivity contribution is 1.18. The molecule has 0 fully saturated rings. The molecule has 10 aromatic carbocycles. The van der Waals surface area contributed by atoms with Crippen LogP contribution in [0.15, 0.2) is 231 Å². The Kier molecular flexibility index (Phi) is 9.51. The first-order chi connectivity index (χ1) is 32.1. The summed E-state index contributed by atoms with van der Waals surface area (Å²) in [5.41, 5.74) is 19.0. The summed E-state index contributed by atoms with van der Waals surface area (Å²) in [5, 5.41) is 5.02. The van der Waals surface area contributed by atoms with Gasteiger partial charge in [-0.3, -0.25) is 0 Å². The van der Waals surface area contributed by atoms with Crippen molar-refractivity contribution in [3.63, 3.8) is 0 Å². The average molecular weight is 849 g/mol. The highest BCUT2D eigenvalue weighted by molar-refractivity contribution is 7.26. The van der Waals surface area contributed by atoms with Crippen molar-refractivity contribution in [2.24, 2.45) is 0 Å². The first kappa shape index (κ1) is 38.7. The summed E-state index contributed by atoms with van der Waals surface area (Å²) in [6.45, 7) is 4.51. The fourth-order valence-electron chi connectivity index (χ4n) is 10.1.